The van der Waals surface area contributed by atoms with E-state index in [0.717, 1.165) is 37.9 Å². The van der Waals surface area contributed by atoms with Crippen LogP contribution in [0.15, 0.2) is 18.2 Å². The first-order chi connectivity index (χ1) is 8.61. The van der Waals surface area contributed by atoms with Gasteiger partial charge in [0.25, 0.3) is 0 Å². The number of carbonyl (C=O) groups excluding carboxylic acids is 1. The fourth-order valence-corrected chi connectivity index (χ4v) is 2.78. The number of hydrogen-bond acceptors (Lipinski definition) is 3. The first kappa shape index (κ1) is 13.4. The van der Waals surface area contributed by atoms with Gasteiger partial charge in [-0.1, -0.05) is 11.6 Å². The number of aliphatic hydroxyl groups excluding tert-OH is 1. The lowest BCUT2D eigenvalue weighted by molar-refractivity contribution is 0.109. The fourth-order valence-electron chi connectivity index (χ4n) is 2.48. The zero-order valence-electron chi connectivity index (χ0n) is 10.5. The normalized spacial score (nSPS) is 18.7. The lowest BCUT2D eigenvalue weighted by Gasteiger charge is -2.35. The van der Waals surface area contributed by atoms with Crippen LogP contribution in [-0.2, 0) is 0 Å². The molecule has 0 aromatic heterocycles. The van der Waals surface area contributed by atoms with E-state index in [9.17, 15) is 9.90 Å². The van der Waals surface area contributed by atoms with Gasteiger partial charge in [0.05, 0.1) is 16.8 Å². The maximum absolute atomic E-state index is 10.7. The van der Waals surface area contributed by atoms with Gasteiger partial charge in [-0.25, -0.2) is 0 Å². The van der Waals surface area contributed by atoms with Crippen molar-refractivity contribution in [3.05, 3.63) is 28.8 Å². The quantitative estimate of drug-likeness (QED) is 0.856. The number of hydrogen-bond donors (Lipinski definition) is 1. The highest BCUT2D eigenvalue weighted by molar-refractivity contribution is 6.33. The summed E-state index contributed by atoms with van der Waals surface area (Å²) in [4.78, 5) is 12.9. The van der Waals surface area contributed by atoms with Gasteiger partial charge in [0.1, 0.15) is 6.29 Å². The van der Waals surface area contributed by atoms with Crippen LogP contribution in [0.25, 0.3) is 0 Å². The molecule has 1 unspecified atom stereocenters. The minimum atomic E-state index is -0.236. The van der Waals surface area contributed by atoms with E-state index in [2.05, 4.69) is 4.90 Å². The molecule has 0 bridgehead atoms. The van der Waals surface area contributed by atoms with Crippen molar-refractivity contribution in [2.75, 3.05) is 18.0 Å². The molecule has 1 N–H and O–H groups in total. The lowest BCUT2D eigenvalue weighted by Crippen LogP contribution is -2.37. The van der Waals surface area contributed by atoms with Crippen LogP contribution in [-0.4, -0.2) is 30.6 Å². The molecule has 0 saturated carbocycles. The van der Waals surface area contributed by atoms with Crippen LogP contribution in [0, 0.1) is 5.92 Å². The summed E-state index contributed by atoms with van der Waals surface area (Å²) in [7, 11) is 0. The van der Waals surface area contributed by atoms with Crippen molar-refractivity contribution in [2.45, 2.75) is 25.9 Å². The zero-order valence-corrected chi connectivity index (χ0v) is 11.2. The van der Waals surface area contributed by atoms with E-state index in [1.165, 1.54) is 0 Å². The fraction of sp³-hybridized carbons (Fsp3) is 0.500. The van der Waals surface area contributed by atoms with E-state index < -0.39 is 0 Å². The Hall–Kier alpha value is -1.06. The summed E-state index contributed by atoms with van der Waals surface area (Å²) >= 11 is 6.19. The topological polar surface area (TPSA) is 40.5 Å². The molecule has 1 aliphatic rings. The van der Waals surface area contributed by atoms with Crippen molar-refractivity contribution in [3.8, 4) is 0 Å². The number of anilines is 1. The number of nitrogens with zero attached hydrogens (tertiary/aromatic N) is 1. The van der Waals surface area contributed by atoms with E-state index in [4.69, 9.17) is 11.6 Å². The van der Waals surface area contributed by atoms with E-state index >= 15 is 0 Å². The summed E-state index contributed by atoms with van der Waals surface area (Å²) in [6.07, 6.45) is 2.52. The molecule has 1 heterocycles. The molecule has 1 fully saturated rings. The predicted octanol–water partition coefficient (Wildman–Crippen LogP) is 2.75. The summed E-state index contributed by atoms with van der Waals surface area (Å²) in [5.41, 5.74) is 1.58. The third-order valence-corrected chi connectivity index (χ3v) is 3.97. The molecule has 18 heavy (non-hydrogen) atoms. The van der Waals surface area contributed by atoms with Crippen LogP contribution in [0.1, 0.15) is 30.1 Å². The average Bonchev–Trinajstić information content (AvgIpc) is 2.38. The van der Waals surface area contributed by atoms with E-state index in [1.807, 2.05) is 13.0 Å². The van der Waals surface area contributed by atoms with Crippen LogP contribution in [0.4, 0.5) is 5.69 Å². The molecular weight excluding hydrogens is 250 g/mol. The molecule has 1 aromatic rings. The summed E-state index contributed by atoms with van der Waals surface area (Å²) in [6.45, 7) is 3.65. The number of carbonyl (C=O) groups is 1. The van der Waals surface area contributed by atoms with Gasteiger partial charge in [0, 0.05) is 18.7 Å². The Morgan fingerprint density at radius 3 is 2.61 bits per heavy atom. The van der Waals surface area contributed by atoms with Crippen molar-refractivity contribution in [3.63, 3.8) is 0 Å². The molecule has 1 atom stereocenters. The Morgan fingerprint density at radius 1 is 1.44 bits per heavy atom. The third-order valence-electron chi connectivity index (χ3n) is 3.67. The number of aldehydes is 1. The first-order valence-corrected chi connectivity index (χ1v) is 6.67. The Balaban J connectivity index is 2.07. The Labute approximate surface area is 112 Å². The highest BCUT2D eigenvalue weighted by Gasteiger charge is 2.23. The first-order valence-electron chi connectivity index (χ1n) is 6.29. The molecule has 0 aliphatic carbocycles. The monoisotopic (exact) mass is 267 g/mol. The van der Waals surface area contributed by atoms with E-state index in [0.29, 0.717) is 16.5 Å². The van der Waals surface area contributed by atoms with Crippen LogP contribution >= 0.6 is 11.6 Å². The maximum atomic E-state index is 10.7. The van der Waals surface area contributed by atoms with Crippen LogP contribution in [0.5, 0.6) is 0 Å². The molecule has 98 valence electrons. The molecule has 1 aromatic carbocycles. The van der Waals surface area contributed by atoms with Gasteiger partial charge in [0.2, 0.25) is 0 Å². The number of halogens is 1. The highest BCUT2D eigenvalue weighted by Crippen LogP contribution is 2.31. The summed E-state index contributed by atoms with van der Waals surface area (Å²) in [5.74, 6) is 0.384. The van der Waals surface area contributed by atoms with Crippen molar-refractivity contribution in [2.24, 2.45) is 5.92 Å². The minimum absolute atomic E-state index is 0.236. The van der Waals surface area contributed by atoms with E-state index in [-0.39, 0.29) is 6.10 Å². The molecule has 0 radical (unpaired) electrons. The molecule has 3 nitrogen and oxygen atoms in total. The standard InChI is InChI=1S/C14H18ClNO2/c1-10(18)12-4-6-16(7-5-12)14-3-2-11(9-17)8-13(14)15/h2-3,8-10,12,18H,4-7H2,1H3. The molecule has 0 amide bonds. The number of benzene rings is 1. The lowest BCUT2D eigenvalue weighted by atomic mass is 9.92. The van der Waals surface area contributed by atoms with Crippen molar-refractivity contribution < 1.29 is 9.90 Å². The average molecular weight is 268 g/mol. The zero-order chi connectivity index (χ0) is 13.1. The second-order valence-electron chi connectivity index (χ2n) is 4.89. The van der Waals surface area contributed by atoms with Gasteiger partial charge in [0.15, 0.2) is 0 Å². The van der Waals surface area contributed by atoms with Crippen molar-refractivity contribution in [1.82, 2.24) is 0 Å². The number of rotatable bonds is 3. The molecule has 4 heteroatoms. The highest BCUT2D eigenvalue weighted by atomic mass is 35.5. The third kappa shape index (κ3) is 2.85. The van der Waals surface area contributed by atoms with Crippen molar-refractivity contribution >= 4 is 23.6 Å². The summed E-state index contributed by atoms with van der Waals surface area (Å²) in [6, 6.07) is 5.38. The number of aliphatic hydroxyl groups is 1. The van der Waals surface area contributed by atoms with Crippen LogP contribution in [0.2, 0.25) is 5.02 Å². The van der Waals surface area contributed by atoms with Gasteiger partial charge in [-0.05, 0) is 43.9 Å². The predicted molar refractivity (Wildman–Crippen MR) is 73.5 cm³/mol. The number of piperidine rings is 1. The molecule has 2 rings (SSSR count). The Bertz CT molecular complexity index is 426. The van der Waals surface area contributed by atoms with E-state index in [1.54, 1.807) is 12.1 Å². The van der Waals surface area contributed by atoms with Gasteiger partial charge in [-0.3, -0.25) is 4.79 Å². The summed E-state index contributed by atoms with van der Waals surface area (Å²) < 4.78 is 0. The van der Waals surface area contributed by atoms with Crippen LogP contribution in [0.3, 0.4) is 0 Å². The van der Waals surface area contributed by atoms with Crippen molar-refractivity contribution in [1.29, 1.82) is 0 Å². The SMILES string of the molecule is CC(O)C1CCN(c2ccc(C=O)cc2Cl)CC1. The van der Waals surface area contributed by atoms with Gasteiger partial charge in [-0.15, -0.1) is 0 Å². The summed E-state index contributed by atoms with van der Waals surface area (Å²) in [5, 5.41) is 10.2. The smallest absolute Gasteiger partial charge is 0.150 e. The van der Waals surface area contributed by atoms with Gasteiger partial charge >= 0.3 is 0 Å². The molecule has 1 saturated heterocycles. The molecule has 0 spiro atoms. The van der Waals surface area contributed by atoms with Gasteiger partial charge < -0.3 is 10.0 Å². The second-order valence-corrected chi connectivity index (χ2v) is 5.30. The second kappa shape index (κ2) is 5.72. The molecule has 1 aliphatic heterocycles. The van der Waals surface area contributed by atoms with Gasteiger partial charge in [-0.2, -0.15) is 0 Å². The maximum Gasteiger partial charge on any atom is 0.150 e. The largest absolute Gasteiger partial charge is 0.393 e. The Kier molecular flexibility index (Phi) is 4.25. The van der Waals surface area contributed by atoms with Crippen LogP contribution < -0.4 is 4.90 Å². The Morgan fingerprint density at radius 2 is 2.11 bits per heavy atom. The minimum Gasteiger partial charge on any atom is -0.393 e. The molecular formula is C14H18ClNO2.